The molecule has 2 aliphatic rings. The lowest BCUT2D eigenvalue weighted by Gasteiger charge is -2.26. The van der Waals surface area contributed by atoms with E-state index < -0.39 is 0 Å². The molecule has 0 aliphatic carbocycles. The maximum atomic E-state index is 12.0. The van der Waals surface area contributed by atoms with Crippen molar-refractivity contribution in [1.82, 2.24) is 4.90 Å². The monoisotopic (exact) mass is 417 g/mol. The fraction of sp³-hybridized carbons (Fsp3) is 0.565. The number of carbonyl (C=O) groups excluding carboxylic acids is 2. The first-order valence-electron chi connectivity index (χ1n) is 10.5. The number of cyclic esters (lactones) is 1. The summed E-state index contributed by atoms with van der Waals surface area (Å²) in [6.07, 6.45) is 3.70. The van der Waals surface area contributed by atoms with Crippen LogP contribution in [0, 0.1) is 6.92 Å². The van der Waals surface area contributed by atoms with E-state index in [1.807, 2.05) is 19.9 Å². The Morgan fingerprint density at radius 1 is 1.27 bits per heavy atom. The zero-order chi connectivity index (χ0) is 21.5. The Balaban J connectivity index is 1.48. The van der Waals surface area contributed by atoms with Crippen molar-refractivity contribution in [3.05, 3.63) is 40.0 Å². The number of morpholine rings is 1. The molecule has 0 amide bonds. The molecular weight excluding hydrogens is 386 g/mol. The summed E-state index contributed by atoms with van der Waals surface area (Å²) in [5.74, 6) is 0.334. The van der Waals surface area contributed by atoms with Gasteiger partial charge in [0, 0.05) is 31.6 Å². The van der Waals surface area contributed by atoms with E-state index in [2.05, 4.69) is 11.0 Å². The number of allylic oxidation sites excluding steroid dienone is 2. The predicted molar refractivity (Wildman–Crippen MR) is 112 cm³/mol. The number of benzene rings is 1. The molecule has 1 aromatic carbocycles. The van der Waals surface area contributed by atoms with Crippen LogP contribution in [0.25, 0.3) is 0 Å². The first-order chi connectivity index (χ1) is 14.5. The van der Waals surface area contributed by atoms with Crippen LogP contribution in [-0.4, -0.2) is 63.4 Å². The van der Waals surface area contributed by atoms with Crippen LogP contribution in [0.5, 0.6) is 5.75 Å². The van der Waals surface area contributed by atoms with E-state index in [9.17, 15) is 9.59 Å². The van der Waals surface area contributed by atoms with Gasteiger partial charge in [0.25, 0.3) is 0 Å². The molecule has 0 atom stereocenters. The van der Waals surface area contributed by atoms with Crippen LogP contribution in [0.4, 0.5) is 0 Å². The van der Waals surface area contributed by atoms with Gasteiger partial charge >= 0.3 is 11.9 Å². The minimum Gasteiger partial charge on any atom is -0.496 e. The van der Waals surface area contributed by atoms with E-state index in [4.69, 9.17) is 18.9 Å². The van der Waals surface area contributed by atoms with Gasteiger partial charge in [-0.15, -0.1) is 0 Å². The fourth-order valence-electron chi connectivity index (χ4n) is 3.80. The number of carbonyl (C=O) groups is 2. The maximum Gasteiger partial charge on any atom is 0.338 e. The smallest absolute Gasteiger partial charge is 0.338 e. The summed E-state index contributed by atoms with van der Waals surface area (Å²) in [5, 5.41) is 0. The van der Waals surface area contributed by atoms with Gasteiger partial charge in [0.05, 0.1) is 25.9 Å². The molecule has 2 aliphatic heterocycles. The van der Waals surface area contributed by atoms with Crippen LogP contribution in [-0.2, 0) is 32.0 Å². The van der Waals surface area contributed by atoms with E-state index in [0.717, 1.165) is 60.9 Å². The number of hydrogen-bond donors (Lipinski definition) is 0. The summed E-state index contributed by atoms with van der Waals surface area (Å²) < 4.78 is 21.4. The van der Waals surface area contributed by atoms with Gasteiger partial charge in [0.1, 0.15) is 19.0 Å². The Morgan fingerprint density at radius 3 is 2.77 bits per heavy atom. The summed E-state index contributed by atoms with van der Waals surface area (Å²) in [4.78, 5) is 26.2. The molecule has 30 heavy (non-hydrogen) atoms. The van der Waals surface area contributed by atoms with E-state index in [1.165, 1.54) is 0 Å². The first kappa shape index (κ1) is 22.3. The van der Waals surface area contributed by atoms with Crippen molar-refractivity contribution < 1.29 is 28.5 Å². The highest BCUT2D eigenvalue weighted by Gasteiger charge is 2.26. The molecular formula is C23H31NO6. The summed E-state index contributed by atoms with van der Waals surface area (Å²) in [6, 6.07) is 1.86. The summed E-state index contributed by atoms with van der Waals surface area (Å²) in [5.41, 5.74) is 4.52. The highest BCUT2D eigenvalue weighted by Crippen LogP contribution is 2.34. The van der Waals surface area contributed by atoms with Crippen LogP contribution in [0.1, 0.15) is 46.8 Å². The first-order valence-corrected chi connectivity index (χ1v) is 10.5. The minimum atomic E-state index is -0.280. The molecule has 0 bridgehead atoms. The molecule has 0 unspecified atom stereocenters. The van der Waals surface area contributed by atoms with Crippen LogP contribution in [0.15, 0.2) is 17.7 Å². The van der Waals surface area contributed by atoms with Gasteiger partial charge in [-0.3, -0.25) is 9.69 Å². The SMILES string of the molecule is COc1c(C/C=C(\C)CCC(=O)OCCN2CCOCC2)cc2c(c1C)COC2=O. The molecule has 3 rings (SSSR count). The number of esters is 2. The predicted octanol–water partition coefficient (Wildman–Crippen LogP) is 2.82. The van der Waals surface area contributed by atoms with E-state index >= 15 is 0 Å². The third-order valence-electron chi connectivity index (χ3n) is 5.67. The Kier molecular flexibility index (Phi) is 7.87. The second-order valence-electron chi connectivity index (χ2n) is 7.73. The Morgan fingerprint density at radius 2 is 2.03 bits per heavy atom. The quantitative estimate of drug-likeness (QED) is 0.452. The molecule has 1 fully saturated rings. The molecule has 2 heterocycles. The van der Waals surface area contributed by atoms with Crippen LogP contribution in [0.3, 0.4) is 0 Å². The third kappa shape index (κ3) is 5.61. The van der Waals surface area contributed by atoms with Crippen molar-refractivity contribution in [2.24, 2.45) is 0 Å². The average molecular weight is 418 g/mol. The molecule has 0 saturated carbocycles. The second kappa shape index (κ2) is 10.6. The highest BCUT2D eigenvalue weighted by atomic mass is 16.5. The molecule has 0 aromatic heterocycles. The Hall–Kier alpha value is -2.38. The van der Waals surface area contributed by atoms with Gasteiger partial charge in [-0.2, -0.15) is 0 Å². The van der Waals surface area contributed by atoms with E-state index in [1.54, 1.807) is 7.11 Å². The van der Waals surface area contributed by atoms with Crippen molar-refractivity contribution in [2.45, 2.75) is 39.7 Å². The second-order valence-corrected chi connectivity index (χ2v) is 7.73. The normalized spacial score (nSPS) is 16.9. The fourth-order valence-corrected chi connectivity index (χ4v) is 3.80. The molecule has 0 radical (unpaired) electrons. The van der Waals surface area contributed by atoms with Crippen molar-refractivity contribution in [3.63, 3.8) is 0 Å². The van der Waals surface area contributed by atoms with Gasteiger partial charge in [-0.25, -0.2) is 4.79 Å². The van der Waals surface area contributed by atoms with E-state index in [-0.39, 0.29) is 11.9 Å². The molecule has 164 valence electrons. The zero-order valence-corrected chi connectivity index (χ0v) is 18.1. The Bertz CT molecular complexity index is 810. The number of methoxy groups -OCH3 is 1. The summed E-state index contributed by atoms with van der Waals surface area (Å²) >= 11 is 0. The van der Waals surface area contributed by atoms with Crippen LogP contribution in [0.2, 0.25) is 0 Å². The van der Waals surface area contributed by atoms with Crippen LogP contribution < -0.4 is 4.74 Å². The highest BCUT2D eigenvalue weighted by molar-refractivity contribution is 5.94. The number of ether oxygens (including phenoxy) is 4. The van der Waals surface area contributed by atoms with Gasteiger partial charge in [-0.05, 0) is 43.9 Å². The lowest BCUT2D eigenvalue weighted by molar-refractivity contribution is -0.144. The van der Waals surface area contributed by atoms with Crippen molar-refractivity contribution in [1.29, 1.82) is 0 Å². The zero-order valence-electron chi connectivity index (χ0n) is 18.1. The molecule has 7 nitrogen and oxygen atoms in total. The summed E-state index contributed by atoms with van der Waals surface area (Å²) in [7, 11) is 1.64. The van der Waals surface area contributed by atoms with Gasteiger partial charge in [-0.1, -0.05) is 11.6 Å². The largest absolute Gasteiger partial charge is 0.496 e. The maximum absolute atomic E-state index is 12.0. The number of fused-ring (bicyclic) bond motifs is 1. The van der Waals surface area contributed by atoms with Gasteiger partial charge in [0.2, 0.25) is 0 Å². The Labute approximate surface area is 177 Å². The van der Waals surface area contributed by atoms with Crippen molar-refractivity contribution in [3.8, 4) is 5.75 Å². The van der Waals surface area contributed by atoms with Gasteiger partial charge in [0.15, 0.2) is 0 Å². The topological polar surface area (TPSA) is 74.3 Å². The molecule has 0 spiro atoms. The minimum absolute atomic E-state index is 0.176. The lowest BCUT2D eigenvalue weighted by Crippen LogP contribution is -2.38. The molecule has 1 aromatic rings. The van der Waals surface area contributed by atoms with Crippen molar-refractivity contribution >= 4 is 11.9 Å². The lowest BCUT2D eigenvalue weighted by atomic mass is 9.96. The van der Waals surface area contributed by atoms with E-state index in [0.29, 0.717) is 38.0 Å². The molecule has 7 heteroatoms. The number of rotatable bonds is 9. The van der Waals surface area contributed by atoms with Crippen LogP contribution >= 0.6 is 0 Å². The molecule has 1 saturated heterocycles. The molecule has 0 N–H and O–H groups in total. The standard InChI is InChI=1S/C23H31NO6/c1-16(5-7-21(25)29-13-10-24-8-11-28-12-9-24)4-6-18-14-19-20(15-30-23(19)26)17(2)22(18)27-3/h4,14H,5-13,15H2,1-3H3/b16-4+. The third-order valence-corrected chi connectivity index (χ3v) is 5.67. The van der Waals surface area contributed by atoms with Gasteiger partial charge < -0.3 is 18.9 Å². The summed E-state index contributed by atoms with van der Waals surface area (Å²) in [6.45, 7) is 8.70. The average Bonchev–Trinajstić information content (AvgIpc) is 3.12. The number of nitrogens with zero attached hydrogens (tertiary/aromatic N) is 1. The van der Waals surface area contributed by atoms with Crippen molar-refractivity contribution in [2.75, 3.05) is 46.6 Å². The number of hydrogen-bond acceptors (Lipinski definition) is 7.